The lowest BCUT2D eigenvalue weighted by molar-refractivity contribution is 0.102. The lowest BCUT2D eigenvalue weighted by Crippen LogP contribution is -2.30. The molecule has 0 radical (unpaired) electrons. The molecule has 0 aromatic heterocycles. The Bertz CT molecular complexity index is 1260. The molecular weight excluding hydrogens is 432 g/mol. The van der Waals surface area contributed by atoms with E-state index in [4.69, 9.17) is 0 Å². The van der Waals surface area contributed by atoms with Gasteiger partial charge in [0, 0.05) is 30.0 Å². The van der Waals surface area contributed by atoms with Gasteiger partial charge in [-0.3, -0.25) is 4.79 Å². The van der Waals surface area contributed by atoms with Gasteiger partial charge in [-0.1, -0.05) is 43.2 Å². The Labute approximate surface area is 195 Å². The Hall–Kier alpha value is -3.12. The van der Waals surface area contributed by atoms with Crippen LogP contribution in [-0.2, 0) is 22.8 Å². The molecule has 1 heterocycles. The van der Waals surface area contributed by atoms with Gasteiger partial charge in [0.15, 0.2) is 9.84 Å². The molecule has 0 atom stereocenters. The number of anilines is 2. The summed E-state index contributed by atoms with van der Waals surface area (Å²) in [6.07, 6.45) is 4.36. The molecule has 5 rings (SSSR count). The van der Waals surface area contributed by atoms with E-state index >= 15 is 0 Å². The molecule has 0 bridgehead atoms. The van der Waals surface area contributed by atoms with E-state index in [1.807, 2.05) is 24.3 Å². The highest BCUT2D eigenvalue weighted by molar-refractivity contribution is 7.92. The van der Waals surface area contributed by atoms with Crippen LogP contribution >= 0.6 is 0 Å². The summed E-state index contributed by atoms with van der Waals surface area (Å²) in [6.45, 7) is 1.81. The van der Waals surface area contributed by atoms with Crippen LogP contribution in [0.2, 0.25) is 0 Å². The lowest BCUT2D eigenvalue weighted by Gasteiger charge is -2.30. The topological polar surface area (TPSA) is 66.5 Å². The van der Waals surface area contributed by atoms with Gasteiger partial charge in [-0.15, -0.1) is 0 Å². The summed E-state index contributed by atoms with van der Waals surface area (Å²) < 4.78 is 25.8. The molecule has 0 unspecified atom stereocenters. The predicted molar refractivity (Wildman–Crippen MR) is 131 cm³/mol. The first kappa shape index (κ1) is 21.7. The third-order valence-electron chi connectivity index (χ3n) is 6.79. The van der Waals surface area contributed by atoms with Crippen LogP contribution in [0.25, 0.3) is 0 Å². The fourth-order valence-electron chi connectivity index (χ4n) is 4.88. The second-order valence-electron chi connectivity index (χ2n) is 8.92. The maximum Gasteiger partial charge on any atom is 0.255 e. The van der Waals surface area contributed by atoms with E-state index < -0.39 is 9.84 Å². The van der Waals surface area contributed by atoms with Crippen molar-refractivity contribution in [3.63, 3.8) is 0 Å². The van der Waals surface area contributed by atoms with Gasteiger partial charge in [0.2, 0.25) is 0 Å². The van der Waals surface area contributed by atoms with Crippen molar-refractivity contribution in [1.29, 1.82) is 0 Å². The van der Waals surface area contributed by atoms with Gasteiger partial charge < -0.3 is 10.2 Å². The Balaban J connectivity index is 1.27. The molecule has 1 amide bonds. The number of carbonyl (C=O) groups excluding carboxylic acids is 1. The smallest absolute Gasteiger partial charge is 0.255 e. The number of amides is 1. The average molecular weight is 461 g/mol. The zero-order valence-electron chi connectivity index (χ0n) is 18.5. The standard InChI is InChI=1S/C27H28N2O3S/c30-27(28-23-8-5-11-26(18-23)33(31,32)25-9-3-4-10-25)21-12-14-24(15-13-21)29-17-16-20-6-1-2-7-22(20)19-29/h1-2,5-8,11-15,18,25H,3-4,9-10,16-17,19H2,(H,28,30). The van der Waals surface area contributed by atoms with Crippen LogP contribution in [-0.4, -0.2) is 26.1 Å². The number of nitrogens with zero attached hydrogens (tertiary/aromatic N) is 1. The fraction of sp³-hybridized carbons (Fsp3) is 0.296. The number of hydrogen-bond donors (Lipinski definition) is 1. The number of benzene rings is 3. The maximum atomic E-state index is 12.9. The van der Waals surface area contributed by atoms with Crippen LogP contribution in [0.5, 0.6) is 0 Å². The van der Waals surface area contributed by atoms with Crippen LogP contribution in [0.1, 0.15) is 47.2 Å². The van der Waals surface area contributed by atoms with Gasteiger partial charge in [0.05, 0.1) is 10.1 Å². The number of fused-ring (bicyclic) bond motifs is 1. The molecule has 33 heavy (non-hydrogen) atoms. The molecule has 1 aliphatic carbocycles. The third-order valence-corrected chi connectivity index (χ3v) is 9.05. The number of nitrogens with one attached hydrogen (secondary N) is 1. The van der Waals surface area contributed by atoms with E-state index in [1.165, 1.54) is 11.1 Å². The Kier molecular flexibility index (Phi) is 5.94. The van der Waals surface area contributed by atoms with Crippen molar-refractivity contribution in [3.8, 4) is 0 Å². The molecule has 3 aromatic rings. The maximum absolute atomic E-state index is 12.9. The van der Waals surface area contributed by atoms with Crippen molar-refractivity contribution in [2.45, 2.75) is 48.8 Å². The quantitative estimate of drug-likeness (QED) is 0.567. The van der Waals surface area contributed by atoms with Crippen LogP contribution in [0.4, 0.5) is 11.4 Å². The summed E-state index contributed by atoms with van der Waals surface area (Å²) in [5, 5.41) is 2.55. The van der Waals surface area contributed by atoms with E-state index in [0.29, 0.717) is 24.1 Å². The van der Waals surface area contributed by atoms with Crippen LogP contribution in [0.15, 0.2) is 77.7 Å². The molecule has 1 N–H and O–H groups in total. The number of hydrogen-bond acceptors (Lipinski definition) is 4. The minimum atomic E-state index is -3.36. The molecule has 5 nitrogen and oxygen atoms in total. The molecule has 1 saturated carbocycles. The van der Waals surface area contributed by atoms with Gasteiger partial charge in [0.1, 0.15) is 0 Å². The minimum Gasteiger partial charge on any atom is -0.367 e. The highest BCUT2D eigenvalue weighted by Gasteiger charge is 2.30. The van der Waals surface area contributed by atoms with Crippen molar-refractivity contribution >= 4 is 27.1 Å². The first-order valence-electron chi connectivity index (χ1n) is 11.6. The van der Waals surface area contributed by atoms with Crippen molar-refractivity contribution < 1.29 is 13.2 Å². The Morgan fingerprint density at radius 3 is 2.36 bits per heavy atom. The third kappa shape index (κ3) is 4.53. The molecule has 0 spiro atoms. The first-order valence-corrected chi connectivity index (χ1v) is 13.1. The zero-order chi connectivity index (χ0) is 22.8. The van der Waals surface area contributed by atoms with E-state index in [0.717, 1.165) is 38.0 Å². The summed E-state index contributed by atoms with van der Waals surface area (Å²) >= 11 is 0. The largest absolute Gasteiger partial charge is 0.367 e. The summed E-state index contributed by atoms with van der Waals surface area (Å²) in [4.78, 5) is 15.4. The molecule has 6 heteroatoms. The monoisotopic (exact) mass is 460 g/mol. The van der Waals surface area contributed by atoms with Gasteiger partial charge in [-0.2, -0.15) is 0 Å². The predicted octanol–water partition coefficient (Wildman–Crippen LogP) is 5.22. The summed E-state index contributed by atoms with van der Waals surface area (Å²) in [7, 11) is -3.36. The molecule has 2 aliphatic rings. The Morgan fingerprint density at radius 2 is 1.61 bits per heavy atom. The van der Waals surface area contributed by atoms with Crippen molar-refractivity contribution in [2.75, 3.05) is 16.8 Å². The lowest BCUT2D eigenvalue weighted by atomic mass is 9.99. The second kappa shape index (κ2) is 9.02. The van der Waals surface area contributed by atoms with E-state index in [-0.39, 0.29) is 16.1 Å². The van der Waals surface area contributed by atoms with E-state index in [1.54, 1.807) is 24.3 Å². The average Bonchev–Trinajstić information content (AvgIpc) is 3.40. The van der Waals surface area contributed by atoms with Crippen molar-refractivity contribution in [3.05, 3.63) is 89.5 Å². The molecular formula is C27H28N2O3S. The summed E-state index contributed by atoms with van der Waals surface area (Å²) in [5.74, 6) is -0.249. The molecule has 1 fully saturated rings. The molecule has 1 aliphatic heterocycles. The summed E-state index contributed by atoms with van der Waals surface area (Å²) in [5.41, 5.74) is 4.88. The van der Waals surface area contributed by atoms with Crippen LogP contribution < -0.4 is 10.2 Å². The molecule has 170 valence electrons. The van der Waals surface area contributed by atoms with E-state index in [9.17, 15) is 13.2 Å². The molecule has 3 aromatic carbocycles. The van der Waals surface area contributed by atoms with Gasteiger partial charge in [0.25, 0.3) is 5.91 Å². The first-order chi connectivity index (χ1) is 16.0. The van der Waals surface area contributed by atoms with Gasteiger partial charge in [-0.05, 0) is 72.9 Å². The SMILES string of the molecule is O=C(Nc1cccc(S(=O)(=O)C2CCCC2)c1)c1ccc(N2CCc3ccccc3C2)cc1. The molecule has 0 saturated heterocycles. The normalized spacial score (nSPS) is 16.4. The fourth-order valence-corrected chi connectivity index (χ4v) is 6.78. The second-order valence-corrected chi connectivity index (χ2v) is 11.1. The van der Waals surface area contributed by atoms with Crippen LogP contribution in [0.3, 0.4) is 0 Å². The van der Waals surface area contributed by atoms with Crippen molar-refractivity contribution in [2.24, 2.45) is 0 Å². The number of carbonyl (C=O) groups is 1. The van der Waals surface area contributed by atoms with E-state index in [2.05, 4.69) is 34.5 Å². The highest BCUT2D eigenvalue weighted by atomic mass is 32.2. The van der Waals surface area contributed by atoms with Gasteiger partial charge in [-0.25, -0.2) is 8.42 Å². The highest BCUT2D eigenvalue weighted by Crippen LogP contribution is 2.31. The minimum absolute atomic E-state index is 0.249. The van der Waals surface area contributed by atoms with Crippen molar-refractivity contribution in [1.82, 2.24) is 0 Å². The number of rotatable bonds is 5. The van der Waals surface area contributed by atoms with Gasteiger partial charge >= 0.3 is 0 Å². The number of sulfone groups is 1. The summed E-state index contributed by atoms with van der Waals surface area (Å²) in [6, 6.07) is 22.7. The Morgan fingerprint density at radius 1 is 0.879 bits per heavy atom. The zero-order valence-corrected chi connectivity index (χ0v) is 19.4. The van der Waals surface area contributed by atoms with Crippen LogP contribution in [0, 0.1) is 0 Å².